The Kier molecular flexibility index (Phi) is 6.69. The van der Waals surface area contributed by atoms with Gasteiger partial charge in [0.05, 0.1) is 5.02 Å². The number of pyridine rings is 1. The quantitative estimate of drug-likeness (QED) is 0.681. The van der Waals surface area contributed by atoms with Crippen LogP contribution >= 0.6 is 11.6 Å². The van der Waals surface area contributed by atoms with Gasteiger partial charge in [-0.1, -0.05) is 41.9 Å². The molecule has 1 unspecified atom stereocenters. The number of sulfonamides is 1. The molecule has 2 aromatic rings. The first-order valence-electron chi connectivity index (χ1n) is 9.18. The van der Waals surface area contributed by atoms with Crippen molar-refractivity contribution in [1.29, 1.82) is 0 Å². The number of hydrogen-bond acceptors (Lipinski definition) is 5. The van der Waals surface area contributed by atoms with Crippen LogP contribution in [-0.2, 0) is 14.8 Å². The number of aromatic nitrogens is 1. The monoisotopic (exact) mass is 422 g/mol. The minimum absolute atomic E-state index is 0.0303. The lowest BCUT2D eigenvalue weighted by atomic mass is 10.1. The number of carbonyl (C=O) groups is 1. The Morgan fingerprint density at radius 2 is 1.89 bits per heavy atom. The van der Waals surface area contributed by atoms with Gasteiger partial charge in [0.25, 0.3) is 0 Å². The number of ether oxygens (including phenoxy) is 1. The molecule has 0 bridgehead atoms. The van der Waals surface area contributed by atoms with Gasteiger partial charge < -0.3 is 4.74 Å². The average Bonchev–Trinajstić information content (AvgIpc) is 2.69. The number of ketones is 1. The van der Waals surface area contributed by atoms with E-state index in [0.717, 1.165) is 0 Å². The lowest BCUT2D eigenvalue weighted by Crippen LogP contribution is -2.43. The van der Waals surface area contributed by atoms with Crippen LogP contribution < -0.4 is 4.74 Å². The molecule has 3 rings (SSSR count). The molecule has 0 aliphatic carbocycles. The van der Waals surface area contributed by atoms with Crippen molar-refractivity contribution < 1.29 is 17.9 Å². The molecular formula is C20H23ClN2O4S. The molecule has 1 aliphatic heterocycles. The molecule has 28 heavy (non-hydrogen) atoms. The number of carbonyl (C=O) groups excluding carboxylic acids is 1. The van der Waals surface area contributed by atoms with Gasteiger partial charge in [0.2, 0.25) is 15.9 Å². The number of rotatable bonds is 7. The summed E-state index contributed by atoms with van der Waals surface area (Å²) in [5.41, 5.74) is 0.640. The number of Topliss-reactive ketones (excluding diaryl/α,β-unsaturated/α-hetero) is 1. The van der Waals surface area contributed by atoms with Crippen molar-refractivity contribution in [3.8, 4) is 5.88 Å². The SMILES string of the molecule is CC(=O)CC(c1ccccc1)S(=O)(=O)N1CCC(Oc2ccc(Cl)cn2)CC1. The standard InChI is InChI=1S/C20H23ClN2O4S/c1-15(24)13-19(16-5-3-2-4-6-16)28(25,26)23-11-9-18(10-12-23)27-20-8-7-17(21)14-22-20/h2-8,14,18-19H,9-13H2,1H3. The van der Waals surface area contributed by atoms with Gasteiger partial charge >= 0.3 is 0 Å². The smallest absolute Gasteiger partial charge is 0.221 e. The van der Waals surface area contributed by atoms with Crippen molar-refractivity contribution in [1.82, 2.24) is 9.29 Å². The van der Waals surface area contributed by atoms with E-state index in [9.17, 15) is 13.2 Å². The van der Waals surface area contributed by atoms with Crippen molar-refractivity contribution in [3.05, 3.63) is 59.2 Å². The van der Waals surface area contributed by atoms with E-state index in [4.69, 9.17) is 16.3 Å². The van der Waals surface area contributed by atoms with E-state index in [1.54, 1.807) is 36.4 Å². The molecule has 0 spiro atoms. The van der Waals surface area contributed by atoms with Crippen LogP contribution in [0.25, 0.3) is 0 Å². The molecule has 1 aliphatic rings. The highest BCUT2D eigenvalue weighted by Gasteiger charge is 2.36. The first kappa shape index (κ1) is 20.8. The molecule has 0 radical (unpaired) electrons. The zero-order chi connectivity index (χ0) is 20.1. The van der Waals surface area contributed by atoms with Crippen molar-refractivity contribution in [2.75, 3.05) is 13.1 Å². The normalized spacial score (nSPS) is 17.2. The van der Waals surface area contributed by atoms with Crippen LogP contribution in [0.1, 0.15) is 37.0 Å². The maximum absolute atomic E-state index is 13.2. The van der Waals surface area contributed by atoms with E-state index in [1.807, 2.05) is 6.07 Å². The third-order valence-corrected chi connectivity index (χ3v) is 7.22. The fourth-order valence-electron chi connectivity index (χ4n) is 3.31. The van der Waals surface area contributed by atoms with Crippen LogP contribution in [0.3, 0.4) is 0 Å². The van der Waals surface area contributed by atoms with Crippen LogP contribution in [0.5, 0.6) is 5.88 Å². The molecular weight excluding hydrogens is 400 g/mol. The summed E-state index contributed by atoms with van der Waals surface area (Å²) in [4.78, 5) is 15.8. The zero-order valence-corrected chi connectivity index (χ0v) is 17.2. The Morgan fingerprint density at radius 3 is 2.46 bits per heavy atom. The molecule has 1 saturated heterocycles. The summed E-state index contributed by atoms with van der Waals surface area (Å²) in [7, 11) is -3.65. The average molecular weight is 423 g/mol. The first-order valence-corrected chi connectivity index (χ1v) is 11.1. The largest absolute Gasteiger partial charge is 0.474 e. The third-order valence-electron chi connectivity index (χ3n) is 4.75. The number of piperidine rings is 1. The summed E-state index contributed by atoms with van der Waals surface area (Å²) in [5.74, 6) is 0.328. The number of benzene rings is 1. The topological polar surface area (TPSA) is 76.6 Å². The molecule has 0 amide bonds. The van der Waals surface area contributed by atoms with Gasteiger partial charge in [-0.25, -0.2) is 17.7 Å². The van der Waals surface area contributed by atoms with Gasteiger partial charge in [-0.2, -0.15) is 0 Å². The lowest BCUT2D eigenvalue weighted by Gasteiger charge is -2.33. The second kappa shape index (κ2) is 9.03. The minimum atomic E-state index is -3.65. The second-order valence-electron chi connectivity index (χ2n) is 6.88. The Balaban J connectivity index is 1.68. The maximum Gasteiger partial charge on any atom is 0.221 e. The first-order chi connectivity index (χ1) is 13.4. The molecule has 1 aromatic heterocycles. The Morgan fingerprint density at radius 1 is 1.21 bits per heavy atom. The van der Waals surface area contributed by atoms with E-state index >= 15 is 0 Å². The van der Waals surface area contributed by atoms with Crippen molar-refractivity contribution >= 4 is 27.4 Å². The Labute approximate surface area is 170 Å². The highest BCUT2D eigenvalue weighted by atomic mass is 35.5. The molecule has 1 aromatic carbocycles. The van der Waals surface area contributed by atoms with E-state index in [0.29, 0.717) is 42.4 Å². The predicted octanol–water partition coefficient (Wildman–Crippen LogP) is 3.63. The third kappa shape index (κ3) is 5.10. The summed E-state index contributed by atoms with van der Waals surface area (Å²) < 4.78 is 33.8. The van der Waals surface area contributed by atoms with Gasteiger partial charge in [-0.05, 0) is 31.4 Å². The van der Waals surface area contributed by atoms with Crippen LogP contribution in [0.4, 0.5) is 0 Å². The molecule has 8 heteroatoms. The Hall–Kier alpha value is -1.96. The molecule has 150 valence electrons. The fourth-order valence-corrected chi connectivity index (χ4v) is 5.45. The zero-order valence-electron chi connectivity index (χ0n) is 15.6. The number of nitrogens with zero attached hydrogens (tertiary/aromatic N) is 2. The maximum atomic E-state index is 13.2. The summed E-state index contributed by atoms with van der Waals surface area (Å²) in [5, 5.41) is -0.327. The fraction of sp³-hybridized carbons (Fsp3) is 0.400. The predicted molar refractivity (Wildman–Crippen MR) is 108 cm³/mol. The molecule has 2 heterocycles. The summed E-state index contributed by atoms with van der Waals surface area (Å²) in [6.07, 6.45) is 2.50. The highest BCUT2D eigenvalue weighted by Crippen LogP contribution is 2.31. The summed E-state index contributed by atoms with van der Waals surface area (Å²) in [6.45, 7) is 2.12. The lowest BCUT2D eigenvalue weighted by molar-refractivity contribution is -0.117. The van der Waals surface area contributed by atoms with Crippen LogP contribution in [-0.4, -0.2) is 42.7 Å². The minimum Gasteiger partial charge on any atom is -0.474 e. The van der Waals surface area contributed by atoms with Crippen molar-refractivity contribution in [2.24, 2.45) is 0 Å². The van der Waals surface area contributed by atoms with Crippen LogP contribution in [0.2, 0.25) is 5.02 Å². The molecule has 1 atom stereocenters. The van der Waals surface area contributed by atoms with Crippen LogP contribution in [0.15, 0.2) is 48.7 Å². The number of hydrogen-bond donors (Lipinski definition) is 0. The van der Waals surface area contributed by atoms with Gasteiger partial charge in [-0.15, -0.1) is 0 Å². The van der Waals surface area contributed by atoms with Crippen molar-refractivity contribution in [3.63, 3.8) is 0 Å². The van der Waals surface area contributed by atoms with E-state index in [-0.39, 0.29) is 18.3 Å². The Bertz CT molecular complexity index is 896. The van der Waals surface area contributed by atoms with E-state index in [1.165, 1.54) is 17.4 Å². The highest BCUT2D eigenvalue weighted by molar-refractivity contribution is 7.89. The van der Waals surface area contributed by atoms with E-state index < -0.39 is 15.3 Å². The molecule has 1 fully saturated rings. The van der Waals surface area contributed by atoms with Gasteiger partial charge in [-0.3, -0.25) is 4.79 Å². The van der Waals surface area contributed by atoms with Gasteiger partial charge in [0.15, 0.2) is 0 Å². The summed E-state index contributed by atoms with van der Waals surface area (Å²) in [6, 6.07) is 12.3. The molecule has 0 N–H and O–H groups in total. The van der Waals surface area contributed by atoms with E-state index in [2.05, 4.69) is 4.98 Å². The second-order valence-corrected chi connectivity index (χ2v) is 9.43. The summed E-state index contributed by atoms with van der Waals surface area (Å²) >= 11 is 5.82. The van der Waals surface area contributed by atoms with Crippen molar-refractivity contribution in [2.45, 2.75) is 37.5 Å². The molecule has 6 nitrogen and oxygen atoms in total. The van der Waals surface area contributed by atoms with Gasteiger partial charge in [0, 0.05) is 31.8 Å². The van der Waals surface area contributed by atoms with Gasteiger partial charge in [0.1, 0.15) is 17.1 Å². The number of halogens is 1. The molecule has 0 saturated carbocycles. The van der Waals surface area contributed by atoms with Crippen LogP contribution in [0, 0.1) is 0 Å².